The van der Waals surface area contributed by atoms with Crippen LogP contribution in [0.1, 0.15) is 13.2 Å². The summed E-state index contributed by atoms with van der Waals surface area (Å²) in [6.45, 7) is 0.754. The van der Waals surface area contributed by atoms with Crippen molar-refractivity contribution in [2.45, 2.75) is 36.4 Å². The average Bonchev–Trinajstić information content (AvgIpc) is 2.80. The van der Waals surface area contributed by atoms with Crippen molar-refractivity contribution < 1.29 is 37.5 Å². The van der Waals surface area contributed by atoms with Crippen LogP contribution in [0.2, 0.25) is 0 Å². The van der Waals surface area contributed by atoms with Gasteiger partial charge in [0.25, 0.3) is 11.4 Å². The number of H-pyrrole nitrogens is 1. The number of nitrogens with two attached hydrogens (primary N) is 1. The third-order valence-electron chi connectivity index (χ3n) is 4.59. The molecule has 2 aromatic heterocycles. The number of ether oxygens (including phenoxy) is 1. The highest BCUT2D eigenvalue weighted by molar-refractivity contribution is 7.46. The lowest BCUT2D eigenvalue weighted by Gasteiger charge is -2.29. The Morgan fingerprint density at radius 3 is 2.69 bits per heavy atom. The third-order valence-corrected chi connectivity index (χ3v) is 5.08. The summed E-state index contributed by atoms with van der Waals surface area (Å²) in [4.78, 5) is 39.0. The minimum atomic E-state index is -5.23. The molecule has 0 amide bonds. The first kappa shape index (κ1) is 17.5. The number of aliphatic hydroxyl groups is 1. The minimum absolute atomic E-state index is 0.234. The van der Waals surface area contributed by atoms with E-state index in [0.717, 1.165) is 17.8 Å². The van der Waals surface area contributed by atoms with Gasteiger partial charge < -0.3 is 25.4 Å². The van der Waals surface area contributed by atoms with Crippen LogP contribution < -0.4 is 11.3 Å². The van der Waals surface area contributed by atoms with Crippen LogP contribution in [0.4, 0.5) is 14.7 Å². The summed E-state index contributed by atoms with van der Waals surface area (Å²) in [6, 6.07) is 0. The summed E-state index contributed by atoms with van der Waals surface area (Å²) in [6.07, 6.45) is -3.18. The smallest absolute Gasteiger partial charge is 0.378 e. The standard InChI is InChI=1S/C11H12F2N5O7P/c1-9(12)7(18-2-15-3-4(18)16-8(14)17-5(3)19)24-11(13)6(10(9,11)20)25-26(21,22)23/h2,6-7,20H,1H3,(H2,21,22,23)(H3,14,16,17,19)/t6-,7+,9-,10-,11+/m0/s1. The van der Waals surface area contributed by atoms with Crippen molar-refractivity contribution in [3.63, 3.8) is 0 Å². The lowest BCUT2D eigenvalue weighted by molar-refractivity contribution is -0.157. The lowest BCUT2D eigenvalue weighted by Crippen LogP contribution is -2.45. The molecule has 142 valence electrons. The molecule has 0 unspecified atom stereocenters. The van der Waals surface area contributed by atoms with Crippen molar-refractivity contribution in [1.82, 2.24) is 19.5 Å². The Hall–Kier alpha value is -1.96. The van der Waals surface area contributed by atoms with Gasteiger partial charge in [-0.3, -0.25) is 18.9 Å². The first-order valence-corrected chi connectivity index (χ1v) is 8.60. The zero-order valence-corrected chi connectivity index (χ0v) is 13.7. The molecule has 0 radical (unpaired) electrons. The number of aromatic amines is 1. The molecule has 4 rings (SSSR count). The molecule has 0 bridgehead atoms. The van der Waals surface area contributed by atoms with Gasteiger partial charge in [0.05, 0.1) is 6.33 Å². The Kier molecular flexibility index (Phi) is 3.12. The molecule has 2 aliphatic rings. The number of phosphoric ester groups is 1. The molecule has 1 saturated carbocycles. The molecular formula is C11H12F2N5O7P. The normalized spacial score (nSPS) is 39.3. The predicted octanol–water partition coefficient (Wildman–Crippen LogP) is -1.15. The number of imidazole rings is 1. The Labute approximate surface area is 141 Å². The maximum absolute atomic E-state index is 15.3. The quantitative estimate of drug-likeness (QED) is 0.397. The highest BCUT2D eigenvalue weighted by Gasteiger charge is 2.96. The Morgan fingerprint density at radius 1 is 1.50 bits per heavy atom. The number of hydrogen-bond donors (Lipinski definition) is 5. The molecule has 3 heterocycles. The van der Waals surface area contributed by atoms with Gasteiger partial charge >= 0.3 is 7.82 Å². The molecule has 5 atom stereocenters. The zero-order chi connectivity index (χ0) is 19.3. The largest absolute Gasteiger partial charge is 0.470 e. The SMILES string of the molecule is C[C@]1(F)[C@H](n2cnc3c(=O)[nH]c(N)nc32)O[C@]2(F)[C@@H](OP(=O)(O)O)[C@]12O. The molecular weight excluding hydrogens is 383 g/mol. The number of nitrogens with one attached hydrogen (secondary N) is 1. The van der Waals surface area contributed by atoms with E-state index in [-0.39, 0.29) is 17.1 Å². The minimum Gasteiger partial charge on any atom is -0.378 e. The number of phosphoric acid groups is 1. The second kappa shape index (κ2) is 4.65. The number of nitrogens with zero attached hydrogens (tertiary/aromatic N) is 3. The maximum Gasteiger partial charge on any atom is 0.470 e. The van der Waals surface area contributed by atoms with E-state index in [1.807, 2.05) is 0 Å². The molecule has 2 aromatic rings. The van der Waals surface area contributed by atoms with Crippen molar-refractivity contribution in [3.05, 3.63) is 16.7 Å². The second-order valence-electron chi connectivity index (χ2n) is 6.21. The third kappa shape index (κ3) is 1.93. The van der Waals surface area contributed by atoms with Gasteiger partial charge in [-0.2, -0.15) is 4.98 Å². The number of aromatic nitrogens is 4. The molecule has 0 aromatic carbocycles. The molecule has 15 heteroatoms. The fourth-order valence-corrected chi connectivity index (χ4v) is 3.85. The first-order valence-electron chi connectivity index (χ1n) is 7.07. The molecule has 0 spiro atoms. The summed E-state index contributed by atoms with van der Waals surface area (Å²) < 4.78 is 50.9. The van der Waals surface area contributed by atoms with Gasteiger partial charge in [-0.25, -0.2) is 18.3 Å². The van der Waals surface area contributed by atoms with Gasteiger partial charge in [-0.05, 0) is 6.92 Å². The van der Waals surface area contributed by atoms with Crippen LogP contribution in [0.3, 0.4) is 0 Å². The molecule has 1 saturated heterocycles. The van der Waals surface area contributed by atoms with Crippen LogP contribution in [-0.4, -0.2) is 57.6 Å². The van der Waals surface area contributed by atoms with E-state index in [4.69, 9.17) is 20.3 Å². The predicted molar refractivity (Wildman–Crippen MR) is 77.9 cm³/mol. The van der Waals surface area contributed by atoms with Crippen LogP contribution in [-0.2, 0) is 13.8 Å². The number of hydrogen-bond acceptors (Lipinski definition) is 8. The highest BCUT2D eigenvalue weighted by Crippen LogP contribution is 2.72. The molecule has 1 aliphatic heterocycles. The van der Waals surface area contributed by atoms with E-state index in [2.05, 4.69) is 19.5 Å². The van der Waals surface area contributed by atoms with Crippen molar-refractivity contribution >= 4 is 24.9 Å². The van der Waals surface area contributed by atoms with E-state index in [9.17, 15) is 18.9 Å². The van der Waals surface area contributed by atoms with Gasteiger partial charge in [0.2, 0.25) is 5.95 Å². The van der Waals surface area contributed by atoms with Gasteiger partial charge in [0.1, 0.15) is 0 Å². The van der Waals surface area contributed by atoms with Gasteiger partial charge in [0, 0.05) is 0 Å². The first-order chi connectivity index (χ1) is 11.8. The van der Waals surface area contributed by atoms with Crippen molar-refractivity contribution in [2.24, 2.45) is 0 Å². The number of rotatable bonds is 3. The second-order valence-corrected chi connectivity index (χ2v) is 7.40. The van der Waals surface area contributed by atoms with E-state index in [1.165, 1.54) is 0 Å². The van der Waals surface area contributed by atoms with Crippen LogP contribution in [0.5, 0.6) is 0 Å². The van der Waals surface area contributed by atoms with E-state index in [0.29, 0.717) is 0 Å². The van der Waals surface area contributed by atoms with E-state index in [1.54, 1.807) is 0 Å². The number of nitrogen functional groups attached to an aromatic ring is 1. The monoisotopic (exact) mass is 395 g/mol. The van der Waals surface area contributed by atoms with Crippen molar-refractivity contribution in [1.29, 1.82) is 0 Å². The summed E-state index contributed by atoms with van der Waals surface area (Å²) >= 11 is 0. The summed E-state index contributed by atoms with van der Waals surface area (Å²) in [7, 11) is -5.23. The number of alkyl halides is 2. The number of anilines is 1. The average molecular weight is 395 g/mol. The summed E-state index contributed by atoms with van der Waals surface area (Å²) in [5.41, 5.74) is -1.71. The maximum atomic E-state index is 15.3. The molecule has 26 heavy (non-hydrogen) atoms. The van der Waals surface area contributed by atoms with E-state index < -0.39 is 42.8 Å². The van der Waals surface area contributed by atoms with Gasteiger partial charge in [-0.1, -0.05) is 0 Å². The van der Waals surface area contributed by atoms with E-state index >= 15 is 4.39 Å². The number of halogens is 2. The topological polar surface area (TPSA) is 186 Å². The summed E-state index contributed by atoms with van der Waals surface area (Å²) in [5, 5.41) is 10.3. The van der Waals surface area contributed by atoms with Gasteiger partial charge in [0.15, 0.2) is 34.8 Å². The van der Waals surface area contributed by atoms with Crippen molar-refractivity contribution in [3.8, 4) is 0 Å². The Bertz CT molecular complexity index is 1040. The van der Waals surface area contributed by atoms with Crippen LogP contribution >= 0.6 is 7.82 Å². The Balaban J connectivity index is 1.79. The van der Waals surface area contributed by atoms with Crippen LogP contribution in [0, 0.1) is 0 Å². The lowest BCUT2D eigenvalue weighted by atomic mass is 9.97. The van der Waals surface area contributed by atoms with Gasteiger partial charge in [-0.15, -0.1) is 0 Å². The molecule has 2 fully saturated rings. The summed E-state index contributed by atoms with van der Waals surface area (Å²) in [5.74, 6) is -3.55. The fraction of sp³-hybridized carbons (Fsp3) is 0.545. The molecule has 12 nitrogen and oxygen atoms in total. The zero-order valence-electron chi connectivity index (χ0n) is 12.8. The van der Waals surface area contributed by atoms with Crippen LogP contribution in [0.25, 0.3) is 11.2 Å². The van der Waals surface area contributed by atoms with Crippen LogP contribution in [0.15, 0.2) is 11.1 Å². The fourth-order valence-electron chi connectivity index (χ4n) is 3.29. The highest BCUT2D eigenvalue weighted by atomic mass is 31.2. The number of fused-ring (bicyclic) bond motifs is 2. The molecule has 6 N–H and O–H groups in total. The Morgan fingerprint density at radius 2 is 2.15 bits per heavy atom. The molecule has 1 aliphatic carbocycles. The van der Waals surface area contributed by atoms with Crippen molar-refractivity contribution in [2.75, 3.05) is 5.73 Å².